The van der Waals surface area contributed by atoms with Gasteiger partial charge in [0.05, 0.1) is 0 Å². The van der Waals surface area contributed by atoms with Crippen molar-refractivity contribution >= 4 is 22.7 Å². The first kappa shape index (κ1) is 22.4. The first-order valence-corrected chi connectivity index (χ1v) is 15.1. The zero-order valence-corrected chi connectivity index (χ0v) is 22.5. The molecular formula is C36H35Cl. The summed E-state index contributed by atoms with van der Waals surface area (Å²) in [7, 11) is 0. The predicted octanol–water partition coefficient (Wildman–Crippen LogP) is 10.4. The molecule has 0 radical (unpaired) electrons. The van der Waals surface area contributed by atoms with Gasteiger partial charge in [-0.15, -0.1) is 0 Å². The van der Waals surface area contributed by atoms with Gasteiger partial charge in [-0.25, -0.2) is 0 Å². The molecule has 0 unspecified atom stereocenters. The van der Waals surface area contributed by atoms with Gasteiger partial charge in [0.1, 0.15) is 0 Å². The maximum absolute atomic E-state index is 6.59. The molecule has 8 rings (SSSR count). The Bertz CT molecular complexity index is 1490. The molecule has 0 N–H and O–H groups in total. The molecule has 0 amide bonds. The highest BCUT2D eigenvalue weighted by Crippen LogP contribution is 2.61. The van der Waals surface area contributed by atoms with E-state index in [9.17, 15) is 0 Å². The molecule has 186 valence electrons. The van der Waals surface area contributed by atoms with E-state index >= 15 is 0 Å². The van der Waals surface area contributed by atoms with Crippen molar-refractivity contribution in [3.63, 3.8) is 0 Å². The van der Waals surface area contributed by atoms with Crippen molar-refractivity contribution in [2.75, 3.05) is 0 Å². The quantitative estimate of drug-likeness (QED) is 0.310. The highest BCUT2D eigenvalue weighted by molar-refractivity contribution is 6.30. The van der Waals surface area contributed by atoms with Gasteiger partial charge in [-0.1, -0.05) is 98.7 Å². The van der Waals surface area contributed by atoms with Gasteiger partial charge in [0.25, 0.3) is 0 Å². The van der Waals surface area contributed by atoms with Crippen LogP contribution in [0.15, 0.2) is 72.3 Å². The van der Waals surface area contributed by atoms with Crippen LogP contribution >= 0.6 is 11.6 Å². The van der Waals surface area contributed by atoms with E-state index in [-0.39, 0.29) is 10.8 Å². The van der Waals surface area contributed by atoms with Gasteiger partial charge in [-0.3, -0.25) is 0 Å². The Hall–Kier alpha value is -2.57. The third-order valence-corrected chi connectivity index (χ3v) is 10.9. The molecule has 0 aliphatic heterocycles. The Balaban J connectivity index is 1.33. The normalized spacial score (nSPS) is 22.5. The predicted molar refractivity (Wildman–Crippen MR) is 156 cm³/mol. The van der Waals surface area contributed by atoms with Crippen molar-refractivity contribution in [2.45, 2.75) is 87.9 Å². The van der Waals surface area contributed by atoms with Crippen LogP contribution in [-0.4, -0.2) is 0 Å². The summed E-state index contributed by atoms with van der Waals surface area (Å²) in [6.07, 6.45) is 18.1. The van der Waals surface area contributed by atoms with Crippen LogP contribution < -0.4 is 0 Å². The number of rotatable bonds is 1. The fraction of sp³-hybridized carbons (Fsp3) is 0.389. The van der Waals surface area contributed by atoms with Crippen LogP contribution in [0.4, 0.5) is 0 Å². The van der Waals surface area contributed by atoms with E-state index in [4.69, 9.17) is 11.6 Å². The van der Waals surface area contributed by atoms with Crippen molar-refractivity contribution in [2.24, 2.45) is 0 Å². The van der Waals surface area contributed by atoms with E-state index in [0.29, 0.717) is 0 Å². The number of hydrogen-bond acceptors (Lipinski definition) is 0. The van der Waals surface area contributed by atoms with E-state index in [1.54, 1.807) is 27.8 Å². The first-order valence-electron chi connectivity index (χ1n) is 14.7. The van der Waals surface area contributed by atoms with Gasteiger partial charge in [0, 0.05) is 15.9 Å². The van der Waals surface area contributed by atoms with Gasteiger partial charge in [0.15, 0.2) is 0 Å². The second-order valence-corrected chi connectivity index (χ2v) is 12.7. The van der Waals surface area contributed by atoms with E-state index in [1.165, 1.54) is 92.0 Å². The lowest BCUT2D eigenvalue weighted by Crippen LogP contribution is -2.28. The fourth-order valence-electron chi connectivity index (χ4n) is 9.10. The summed E-state index contributed by atoms with van der Waals surface area (Å²) in [5.74, 6) is 0. The van der Waals surface area contributed by atoms with Crippen LogP contribution in [0.5, 0.6) is 0 Å². The zero-order valence-electron chi connectivity index (χ0n) is 21.7. The fourth-order valence-corrected chi connectivity index (χ4v) is 9.27. The monoisotopic (exact) mass is 502 g/mol. The van der Waals surface area contributed by atoms with E-state index in [0.717, 1.165) is 17.9 Å². The summed E-state index contributed by atoms with van der Waals surface area (Å²) in [5.41, 5.74) is 15.7. The van der Waals surface area contributed by atoms with Gasteiger partial charge in [-0.05, 0) is 112 Å². The maximum Gasteiger partial charge on any atom is 0.0409 e. The summed E-state index contributed by atoms with van der Waals surface area (Å²) in [4.78, 5) is 0. The lowest BCUT2D eigenvalue weighted by Gasteiger charge is -2.37. The molecule has 5 aliphatic carbocycles. The zero-order chi connectivity index (χ0) is 24.6. The van der Waals surface area contributed by atoms with Crippen LogP contribution in [0, 0.1) is 0 Å². The minimum atomic E-state index is 0.161. The molecule has 5 aliphatic rings. The number of hydrogen-bond donors (Lipinski definition) is 0. The molecule has 2 spiro atoms. The molecule has 2 fully saturated rings. The minimum absolute atomic E-state index is 0.161. The van der Waals surface area contributed by atoms with Crippen molar-refractivity contribution in [1.82, 2.24) is 0 Å². The SMILES string of the molecule is Clc1ccc2c(c1)C1(CCCCC1)c1ccc(C3=C4C(=CCC3)C3(CCCCC3)c3ccccc34)cc1-2. The molecule has 3 aromatic rings. The molecule has 0 aromatic heterocycles. The standard InChI is InChI=1S/C36H35Cl/c37-25-15-16-27-29-22-24(14-17-31(29)36(33(27)23-25)20-7-2-8-21-36)26-11-9-13-32-34(26)28-10-3-4-12-30(28)35(32)18-5-1-6-19-35/h3-4,10,12-17,22-23H,1-2,5-9,11,18-21H2. The topological polar surface area (TPSA) is 0 Å². The van der Waals surface area contributed by atoms with Crippen LogP contribution in [-0.2, 0) is 10.8 Å². The average molecular weight is 503 g/mol. The van der Waals surface area contributed by atoms with Gasteiger partial charge in [-0.2, -0.15) is 0 Å². The van der Waals surface area contributed by atoms with Gasteiger partial charge >= 0.3 is 0 Å². The Kier molecular flexibility index (Phi) is 4.98. The lowest BCUT2D eigenvalue weighted by molar-refractivity contribution is 0.352. The van der Waals surface area contributed by atoms with Crippen LogP contribution in [0.3, 0.4) is 0 Å². The Morgan fingerprint density at radius 3 is 2.14 bits per heavy atom. The largest absolute Gasteiger partial charge is 0.0843 e. The summed E-state index contributed by atoms with van der Waals surface area (Å²) < 4.78 is 0. The summed E-state index contributed by atoms with van der Waals surface area (Å²) in [5, 5.41) is 0.879. The summed E-state index contributed by atoms with van der Waals surface area (Å²) in [6.45, 7) is 0. The number of benzene rings is 3. The molecule has 2 saturated carbocycles. The Labute approximate surface area is 226 Å². The molecule has 37 heavy (non-hydrogen) atoms. The highest BCUT2D eigenvalue weighted by atomic mass is 35.5. The third kappa shape index (κ3) is 3.03. The van der Waals surface area contributed by atoms with Crippen molar-refractivity contribution in [1.29, 1.82) is 0 Å². The molecule has 1 heteroatoms. The number of fused-ring (bicyclic) bond motifs is 10. The van der Waals surface area contributed by atoms with Crippen molar-refractivity contribution < 1.29 is 0 Å². The number of allylic oxidation sites excluding steroid dienone is 4. The minimum Gasteiger partial charge on any atom is -0.0843 e. The average Bonchev–Trinajstić information content (AvgIpc) is 3.36. The van der Waals surface area contributed by atoms with E-state index < -0.39 is 0 Å². The van der Waals surface area contributed by atoms with E-state index in [1.807, 2.05) is 0 Å². The highest BCUT2D eigenvalue weighted by Gasteiger charge is 2.48. The van der Waals surface area contributed by atoms with Crippen molar-refractivity contribution in [3.05, 3.63) is 105 Å². The van der Waals surface area contributed by atoms with Crippen molar-refractivity contribution in [3.8, 4) is 11.1 Å². The van der Waals surface area contributed by atoms with Crippen LogP contribution in [0.2, 0.25) is 5.02 Å². The molecule has 0 bridgehead atoms. The Morgan fingerprint density at radius 2 is 1.32 bits per heavy atom. The molecule has 0 saturated heterocycles. The third-order valence-electron chi connectivity index (χ3n) is 10.6. The second-order valence-electron chi connectivity index (χ2n) is 12.3. The molecular weight excluding hydrogens is 468 g/mol. The Morgan fingerprint density at radius 1 is 0.595 bits per heavy atom. The molecule has 3 aromatic carbocycles. The lowest BCUT2D eigenvalue weighted by atomic mass is 9.66. The molecule has 0 heterocycles. The van der Waals surface area contributed by atoms with Gasteiger partial charge < -0.3 is 0 Å². The maximum atomic E-state index is 6.59. The van der Waals surface area contributed by atoms with Crippen LogP contribution in [0.25, 0.3) is 22.3 Å². The smallest absolute Gasteiger partial charge is 0.0409 e. The van der Waals surface area contributed by atoms with Crippen LogP contribution in [0.1, 0.15) is 105 Å². The first-order chi connectivity index (χ1) is 18.2. The number of halogens is 1. The second kappa shape index (κ2) is 8.21. The summed E-state index contributed by atoms with van der Waals surface area (Å²) >= 11 is 6.59. The molecule has 0 atom stereocenters. The van der Waals surface area contributed by atoms with E-state index in [2.05, 4.69) is 66.7 Å². The van der Waals surface area contributed by atoms with Gasteiger partial charge in [0.2, 0.25) is 0 Å². The molecule has 0 nitrogen and oxygen atoms in total. The summed E-state index contributed by atoms with van der Waals surface area (Å²) in [6, 6.07) is 23.6.